The summed E-state index contributed by atoms with van der Waals surface area (Å²) in [6, 6.07) is 0. The van der Waals surface area contributed by atoms with E-state index in [-0.39, 0.29) is 5.92 Å². The molecule has 0 saturated heterocycles. The summed E-state index contributed by atoms with van der Waals surface area (Å²) in [5, 5.41) is 9.68. The molecule has 0 spiro atoms. The molecule has 0 amide bonds. The lowest BCUT2D eigenvalue weighted by molar-refractivity contribution is 0.0366. The first kappa shape index (κ1) is 8.54. The SMILES string of the molecule is CC1=CC=C[C@@H](C(C)(C)O)C1. The van der Waals surface area contributed by atoms with Crippen molar-refractivity contribution >= 4 is 0 Å². The summed E-state index contributed by atoms with van der Waals surface area (Å²) < 4.78 is 0. The Labute approximate surface area is 68.4 Å². The van der Waals surface area contributed by atoms with Crippen LogP contribution >= 0.6 is 0 Å². The molecule has 0 heterocycles. The van der Waals surface area contributed by atoms with E-state index >= 15 is 0 Å². The minimum atomic E-state index is -0.577. The van der Waals surface area contributed by atoms with Crippen molar-refractivity contribution in [3.05, 3.63) is 23.8 Å². The Kier molecular flexibility index (Phi) is 2.19. The Balaban J connectivity index is 2.67. The van der Waals surface area contributed by atoms with Crippen molar-refractivity contribution in [2.45, 2.75) is 32.8 Å². The van der Waals surface area contributed by atoms with Crippen LogP contribution in [0.3, 0.4) is 0 Å². The molecule has 1 N–H and O–H groups in total. The van der Waals surface area contributed by atoms with Crippen LogP contribution < -0.4 is 0 Å². The van der Waals surface area contributed by atoms with Crippen LogP contribution in [0.15, 0.2) is 23.8 Å². The van der Waals surface area contributed by atoms with Gasteiger partial charge in [-0.2, -0.15) is 0 Å². The number of rotatable bonds is 1. The number of hydrogen-bond acceptors (Lipinski definition) is 1. The van der Waals surface area contributed by atoms with Crippen LogP contribution in [0.5, 0.6) is 0 Å². The van der Waals surface area contributed by atoms with E-state index in [9.17, 15) is 5.11 Å². The molecular formula is C10H16O. The van der Waals surface area contributed by atoms with Gasteiger partial charge in [0.05, 0.1) is 5.60 Å². The van der Waals surface area contributed by atoms with E-state index in [0.717, 1.165) is 6.42 Å². The van der Waals surface area contributed by atoms with Gasteiger partial charge in [-0.25, -0.2) is 0 Å². The Morgan fingerprint density at radius 3 is 2.55 bits per heavy atom. The van der Waals surface area contributed by atoms with Crippen molar-refractivity contribution in [2.24, 2.45) is 5.92 Å². The lowest BCUT2D eigenvalue weighted by Crippen LogP contribution is -2.30. The molecule has 0 radical (unpaired) electrons. The fourth-order valence-electron chi connectivity index (χ4n) is 1.32. The summed E-state index contributed by atoms with van der Waals surface area (Å²) in [5.74, 6) is 0.285. The van der Waals surface area contributed by atoms with Crippen molar-refractivity contribution in [3.63, 3.8) is 0 Å². The Hall–Kier alpha value is -0.560. The van der Waals surface area contributed by atoms with Gasteiger partial charge in [-0.1, -0.05) is 23.8 Å². The Morgan fingerprint density at radius 1 is 1.55 bits per heavy atom. The highest BCUT2D eigenvalue weighted by Crippen LogP contribution is 2.27. The Morgan fingerprint density at radius 2 is 2.18 bits per heavy atom. The van der Waals surface area contributed by atoms with Gasteiger partial charge in [0.1, 0.15) is 0 Å². The molecule has 0 saturated carbocycles. The second-order valence-electron chi connectivity index (χ2n) is 3.86. The normalized spacial score (nSPS) is 25.1. The molecule has 1 aliphatic carbocycles. The van der Waals surface area contributed by atoms with Crippen LogP contribution in [-0.4, -0.2) is 10.7 Å². The van der Waals surface area contributed by atoms with E-state index in [1.807, 2.05) is 19.9 Å². The molecule has 0 aromatic heterocycles. The van der Waals surface area contributed by atoms with E-state index in [4.69, 9.17) is 0 Å². The van der Waals surface area contributed by atoms with Gasteiger partial charge in [-0.3, -0.25) is 0 Å². The average Bonchev–Trinajstić information content (AvgIpc) is 1.86. The second-order valence-corrected chi connectivity index (χ2v) is 3.86. The molecule has 1 aliphatic rings. The average molecular weight is 152 g/mol. The first-order chi connectivity index (χ1) is 5.00. The molecule has 1 rings (SSSR count). The fraction of sp³-hybridized carbons (Fsp3) is 0.600. The van der Waals surface area contributed by atoms with Crippen LogP contribution in [0.1, 0.15) is 27.2 Å². The van der Waals surface area contributed by atoms with Crippen molar-refractivity contribution < 1.29 is 5.11 Å². The Bertz CT molecular complexity index is 193. The zero-order valence-electron chi connectivity index (χ0n) is 7.46. The van der Waals surface area contributed by atoms with Crippen LogP contribution in [0.25, 0.3) is 0 Å². The van der Waals surface area contributed by atoms with E-state index in [1.54, 1.807) is 0 Å². The topological polar surface area (TPSA) is 20.2 Å². The predicted octanol–water partition coefficient (Wildman–Crippen LogP) is 2.28. The number of hydrogen-bond donors (Lipinski definition) is 1. The molecule has 0 fully saturated rings. The van der Waals surface area contributed by atoms with Crippen LogP contribution in [0.4, 0.5) is 0 Å². The molecule has 0 aromatic carbocycles. The third kappa shape index (κ3) is 2.19. The summed E-state index contributed by atoms with van der Waals surface area (Å²) in [6.45, 7) is 5.82. The molecule has 0 unspecified atom stereocenters. The maximum Gasteiger partial charge on any atom is 0.0657 e. The van der Waals surface area contributed by atoms with Crippen LogP contribution in [-0.2, 0) is 0 Å². The second kappa shape index (κ2) is 2.82. The third-order valence-electron chi connectivity index (χ3n) is 2.17. The largest absolute Gasteiger partial charge is 0.390 e. The molecule has 1 heteroatoms. The minimum Gasteiger partial charge on any atom is -0.390 e. The van der Waals surface area contributed by atoms with Gasteiger partial charge in [-0.05, 0) is 27.2 Å². The van der Waals surface area contributed by atoms with E-state index in [0.29, 0.717) is 0 Å². The molecule has 1 nitrogen and oxygen atoms in total. The molecule has 0 aliphatic heterocycles. The zero-order valence-corrected chi connectivity index (χ0v) is 7.46. The predicted molar refractivity (Wildman–Crippen MR) is 47.3 cm³/mol. The van der Waals surface area contributed by atoms with Crippen LogP contribution in [0, 0.1) is 5.92 Å². The summed E-state index contributed by atoms with van der Waals surface area (Å²) in [5.41, 5.74) is 0.770. The van der Waals surface area contributed by atoms with E-state index < -0.39 is 5.60 Å². The first-order valence-corrected chi connectivity index (χ1v) is 4.06. The van der Waals surface area contributed by atoms with Crippen molar-refractivity contribution in [3.8, 4) is 0 Å². The summed E-state index contributed by atoms with van der Waals surface area (Å²) in [4.78, 5) is 0. The quantitative estimate of drug-likeness (QED) is 0.611. The van der Waals surface area contributed by atoms with Gasteiger partial charge in [-0.15, -0.1) is 0 Å². The third-order valence-corrected chi connectivity index (χ3v) is 2.17. The number of allylic oxidation sites excluding steroid dienone is 3. The highest BCUT2D eigenvalue weighted by Gasteiger charge is 2.25. The van der Waals surface area contributed by atoms with Gasteiger partial charge in [0.25, 0.3) is 0 Å². The highest BCUT2D eigenvalue weighted by atomic mass is 16.3. The summed E-state index contributed by atoms with van der Waals surface area (Å²) in [7, 11) is 0. The molecule has 1 atom stereocenters. The maximum atomic E-state index is 9.68. The number of aliphatic hydroxyl groups is 1. The molecule has 11 heavy (non-hydrogen) atoms. The lowest BCUT2D eigenvalue weighted by Gasteiger charge is -2.28. The molecule has 0 aromatic rings. The fourth-order valence-corrected chi connectivity index (χ4v) is 1.32. The monoisotopic (exact) mass is 152 g/mol. The van der Waals surface area contributed by atoms with Crippen molar-refractivity contribution in [1.82, 2.24) is 0 Å². The highest BCUT2D eigenvalue weighted by molar-refractivity contribution is 5.19. The smallest absolute Gasteiger partial charge is 0.0657 e. The minimum absolute atomic E-state index is 0.285. The summed E-state index contributed by atoms with van der Waals surface area (Å²) in [6.07, 6.45) is 7.19. The zero-order chi connectivity index (χ0) is 8.48. The molecule has 62 valence electrons. The lowest BCUT2D eigenvalue weighted by atomic mass is 9.83. The van der Waals surface area contributed by atoms with E-state index in [1.165, 1.54) is 5.57 Å². The van der Waals surface area contributed by atoms with Gasteiger partial charge >= 0.3 is 0 Å². The molecular weight excluding hydrogens is 136 g/mol. The van der Waals surface area contributed by atoms with Gasteiger partial charge in [0, 0.05) is 5.92 Å². The van der Waals surface area contributed by atoms with Gasteiger partial charge in [0.2, 0.25) is 0 Å². The van der Waals surface area contributed by atoms with E-state index in [2.05, 4.69) is 19.1 Å². The van der Waals surface area contributed by atoms with Gasteiger partial charge in [0.15, 0.2) is 0 Å². The maximum absolute atomic E-state index is 9.68. The first-order valence-electron chi connectivity index (χ1n) is 4.06. The standard InChI is InChI=1S/C10H16O/c1-8-5-4-6-9(7-8)10(2,3)11/h4-6,9,11H,7H2,1-3H3/t9-/m1/s1. The van der Waals surface area contributed by atoms with Crippen molar-refractivity contribution in [1.29, 1.82) is 0 Å². The summed E-state index contributed by atoms with van der Waals surface area (Å²) >= 11 is 0. The molecule has 0 bridgehead atoms. The van der Waals surface area contributed by atoms with Gasteiger partial charge < -0.3 is 5.11 Å². The van der Waals surface area contributed by atoms with Crippen molar-refractivity contribution in [2.75, 3.05) is 0 Å². The van der Waals surface area contributed by atoms with Crippen LogP contribution in [0.2, 0.25) is 0 Å².